The van der Waals surface area contributed by atoms with Crippen LogP contribution in [0.3, 0.4) is 0 Å². The van der Waals surface area contributed by atoms with E-state index < -0.39 is 11.4 Å². The van der Waals surface area contributed by atoms with Gasteiger partial charge in [-0.05, 0) is 24.0 Å². The molecule has 0 aliphatic rings. The molecule has 1 aromatic carbocycles. The van der Waals surface area contributed by atoms with E-state index in [-0.39, 0.29) is 12.2 Å². The SMILES string of the molecule is CSc1ccc(C(C)(C)CC(=O)O)cc1F. The van der Waals surface area contributed by atoms with Gasteiger partial charge in [-0.25, -0.2) is 4.39 Å². The maximum absolute atomic E-state index is 13.5. The summed E-state index contributed by atoms with van der Waals surface area (Å²) < 4.78 is 13.5. The average Bonchev–Trinajstić information content (AvgIpc) is 2.15. The van der Waals surface area contributed by atoms with Gasteiger partial charge in [0.1, 0.15) is 5.82 Å². The zero-order chi connectivity index (χ0) is 12.3. The highest BCUT2D eigenvalue weighted by Crippen LogP contribution is 2.30. The summed E-state index contributed by atoms with van der Waals surface area (Å²) in [7, 11) is 0. The van der Waals surface area contributed by atoms with Crippen molar-refractivity contribution in [2.24, 2.45) is 0 Å². The number of benzene rings is 1. The Morgan fingerprint density at radius 1 is 1.50 bits per heavy atom. The van der Waals surface area contributed by atoms with Crippen LogP contribution in [0.2, 0.25) is 0 Å². The molecule has 4 heteroatoms. The lowest BCUT2D eigenvalue weighted by Crippen LogP contribution is -2.21. The highest BCUT2D eigenvalue weighted by molar-refractivity contribution is 7.98. The molecule has 0 amide bonds. The number of halogens is 1. The summed E-state index contributed by atoms with van der Waals surface area (Å²) in [5.41, 5.74) is 0.161. The minimum Gasteiger partial charge on any atom is -0.481 e. The van der Waals surface area contributed by atoms with Crippen molar-refractivity contribution in [1.82, 2.24) is 0 Å². The highest BCUT2D eigenvalue weighted by Gasteiger charge is 2.24. The van der Waals surface area contributed by atoms with Crippen LogP contribution >= 0.6 is 11.8 Å². The molecular formula is C12H15FO2S. The normalized spacial score (nSPS) is 11.5. The van der Waals surface area contributed by atoms with Gasteiger partial charge in [0.05, 0.1) is 6.42 Å². The second-order valence-electron chi connectivity index (χ2n) is 4.30. The van der Waals surface area contributed by atoms with Gasteiger partial charge in [-0.2, -0.15) is 0 Å². The first-order valence-corrected chi connectivity index (χ1v) is 6.15. The van der Waals surface area contributed by atoms with Crippen LogP contribution < -0.4 is 0 Å². The van der Waals surface area contributed by atoms with Crippen LogP contribution in [0.1, 0.15) is 25.8 Å². The fourth-order valence-corrected chi connectivity index (χ4v) is 2.03. The van der Waals surface area contributed by atoms with Crippen LogP contribution in [0.4, 0.5) is 4.39 Å². The molecule has 0 saturated carbocycles. The standard InChI is InChI=1S/C12H15FO2S/c1-12(2,7-11(14)15)8-4-5-10(16-3)9(13)6-8/h4-6H,7H2,1-3H3,(H,14,15). The molecule has 0 spiro atoms. The summed E-state index contributed by atoms with van der Waals surface area (Å²) in [4.78, 5) is 11.3. The van der Waals surface area contributed by atoms with E-state index in [1.165, 1.54) is 17.8 Å². The van der Waals surface area contributed by atoms with E-state index in [0.717, 1.165) is 0 Å². The third-order valence-electron chi connectivity index (χ3n) is 2.53. The number of carboxylic acids is 1. The Balaban J connectivity index is 3.04. The van der Waals surface area contributed by atoms with Gasteiger partial charge in [-0.15, -0.1) is 11.8 Å². The van der Waals surface area contributed by atoms with Crippen LogP contribution in [0.15, 0.2) is 23.1 Å². The third kappa shape index (κ3) is 2.98. The first-order valence-electron chi connectivity index (χ1n) is 4.92. The number of carboxylic acid groups (broad SMARTS) is 1. The Morgan fingerprint density at radius 2 is 2.12 bits per heavy atom. The van der Waals surface area contributed by atoms with E-state index in [1.54, 1.807) is 32.2 Å². The molecule has 88 valence electrons. The molecule has 0 heterocycles. The Bertz CT molecular complexity index is 402. The molecule has 16 heavy (non-hydrogen) atoms. The molecule has 0 saturated heterocycles. The van der Waals surface area contributed by atoms with Gasteiger partial charge in [-0.3, -0.25) is 4.79 Å². The van der Waals surface area contributed by atoms with Crippen molar-refractivity contribution < 1.29 is 14.3 Å². The van der Waals surface area contributed by atoms with E-state index in [0.29, 0.717) is 10.5 Å². The van der Waals surface area contributed by atoms with E-state index >= 15 is 0 Å². The predicted molar refractivity (Wildman–Crippen MR) is 63.5 cm³/mol. The van der Waals surface area contributed by atoms with Crippen LogP contribution in [0.5, 0.6) is 0 Å². The summed E-state index contributed by atoms with van der Waals surface area (Å²) >= 11 is 1.34. The Morgan fingerprint density at radius 3 is 2.56 bits per heavy atom. The van der Waals surface area contributed by atoms with Crippen molar-refractivity contribution >= 4 is 17.7 Å². The number of aliphatic carboxylic acids is 1. The van der Waals surface area contributed by atoms with Gasteiger partial charge in [0.25, 0.3) is 0 Å². The fraction of sp³-hybridized carbons (Fsp3) is 0.417. The summed E-state index contributed by atoms with van der Waals surface area (Å²) in [6.45, 7) is 3.60. The van der Waals surface area contributed by atoms with E-state index in [4.69, 9.17) is 5.11 Å². The lowest BCUT2D eigenvalue weighted by Gasteiger charge is -2.23. The van der Waals surface area contributed by atoms with Gasteiger partial charge in [0.15, 0.2) is 0 Å². The van der Waals surface area contributed by atoms with Crippen molar-refractivity contribution in [3.63, 3.8) is 0 Å². The molecule has 0 fully saturated rings. The highest BCUT2D eigenvalue weighted by atomic mass is 32.2. The lowest BCUT2D eigenvalue weighted by atomic mass is 9.81. The van der Waals surface area contributed by atoms with Gasteiger partial charge in [0, 0.05) is 10.3 Å². The minimum atomic E-state index is -0.876. The molecule has 0 radical (unpaired) electrons. The largest absolute Gasteiger partial charge is 0.481 e. The first kappa shape index (κ1) is 13.0. The molecule has 0 atom stereocenters. The fourth-order valence-electron chi connectivity index (χ4n) is 1.57. The number of hydrogen-bond acceptors (Lipinski definition) is 2. The summed E-state index contributed by atoms with van der Waals surface area (Å²) in [6.07, 6.45) is 1.80. The molecule has 0 aliphatic heterocycles. The maximum Gasteiger partial charge on any atom is 0.304 e. The number of carbonyl (C=O) groups is 1. The molecule has 0 aliphatic carbocycles. The topological polar surface area (TPSA) is 37.3 Å². The minimum absolute atomic E-state index is 0.00887. The summed E-state index contributed by atoms with van der Waals surface area (Å²) in [6, 6.07) is 4.91. The molecule has 2 nitrogen and oxygen atoms in total. The third-order valence-corrected chi connectivity index (χ3v) is 3.30. The first-order chi connectivity index (χ1) is 7.36. The van der Waals surface area contributed by atoms with Crippen LogP contribution in [-0.2, 0) is 10.2 Å². The molecule has 1 aromatic rings. The Hall–Kier alpha value is -1.03. The summed E-state index contributed by atoms with van der Waals surface area (Å²) in [5.74, 6) is -1.16. The van der Waals surface area contributed by atoms with Gasteiger partial charge >= 0.3 is 5.97 Å². The number of rotatable bonds is 4. The predicted octanol–water partition coefficient (Wildman–Crippen LogP) is 3.30. The van der Waals surface area contributed by atoms with E-state index in [9.17, 15) is 9.18 Å². The molecule has 0 unspecified atom stereocenters. The molecule has 0 bridgehead atoms. The monoisotopic (exact) mass is 242 g/mol. The number of thioether (sulfide) groups is 1. The van der Waals surface area contributed by atoms with Gasteiger partial charge in [-0.1, -0.05) is 19.9 Å². The van der Waals surface area contributed by atoms with Crippen LogP contribution in [-0.4, -0.2) is 17.3 Å². The smallest absolute Gasteiger partial charge is 0.304 e. The molecule has 1 rings (SSSR count). The molecular weight excluding hydrogens is 227 g/mol. The van der Waals surface area contributed by atoms with Crippen molar-refractivity contribution in [2.45, 2.75) is 30.6 Å². The lowest BCUT2D eigenvalue weighted by molar-refractivity contribution is -0.138. The second kappa shape index (κ2) is 4.87. The quantitative estimate of drug-likeness (QED) is 0.823. The average molecular weight is 242 g/mol. The molecule has 0 aromatic heterocycles. The van der Waals surface area contributed by atoms with Crippen molar-refractivity contribution in [1.29, 1.82) is 0 Å². The zero-order valence-corrected chi connectivity index (χ0v) is 10.4. The van der Waals surface area contributed by atoms with Crippen molar-refractivity contribution in [3.05, 3.63) is 29.6 Å². The van der Waals surface area contributed by atoms with E-state index in [2.05, 4.69) is 0 Å². The van der Waals surface area contributed by atoms with Crippen LogP contribution in [0, 0.1) is 5.82 Å². The van der Waals surface area contributed by atoms with Crippen molar-refractivity contribution in [2.75, 3.05) is 6.26 Å². The summed E-state index contributed by atoms with van der Waals surface area (Å²) in [5, 5.41) is 8.78. The molecule has 1 N–H and O–H groups in total. The van der Waals surface area contributed by atoms with Crippen molar-refractivity contribution in [3.8, 4) is 0 Å². The van der Waals surface area contributed by atoms with Gasteiger partial charge < -0.3 is 5.11 Å². The Labute approximate surface area is 98.9 Å². The number of hydrogen-bond donors (Lipinski definition) is 1. The second-order valence-corrected chi connectivity index (χ2v) is 5.15. The Kier molecular flexibility index (Phi) is 3.97. The van der Waals surface area contributed by atoms with E-state index in [1.807, 2.05) is 0 Å². The van der Waals surface area contributed by atoms with Gasteiger partial charge in [0.2, 0.25) is 0 Å². The maximum atomic E-state index is 13.5. The zero-order valence-electron chi connectivity index (χ0n) is 9.58. The van der Waals surface area contributed by atoms with Crippen LogP contribution in [0.25, 0.3) is 0 Å².